The fraction of sp³-hybridized carbons (Fsp3) is 0.273. The molecule has 1 aliphatic rings. The third-order valence-electron chi connectivity index (χ3n) is 5.14. The van der Waals surface area contributed by atoms with E-state index >= 15 is 0 Å². The van der Waals surface area contributed by atoms with Crippen LogP contribution in [-0.4, -0.2) is 48.0 Å². The number of nitrogens with zero attached hydrogens (tertiary/aromatic N) is 2. The lowest BCUT2D eigenvalue weighted by atomic mass is 9.98. The zero-order valence-corrected chi connectivity index (χ0v) is 16.9. The van der Waals surface area contributed by atoms with Gasteiger partial charge in [0.05, 0.1) is 17.0 Å². The van der Waals surface area contributed by atoms with Crippen molar-refractivity contribution in [3.63, 3.8) is 0 Å². The van der Waals surface area contributed by atoms with Crippen LogP contribution in [0.4, 0.5) is 0 Å². The number of carbonyl (C=O) groups excluding carboxylic acids is 1. The Morgan fingerprint density at radius 3 is 2.55 bits per heavy atom. The number of phenolic OH excluding ortho intramolecular Hbond substituents is 1. The van der Waals surface area contributed by atoms with Crippen LogP contribution in [0, 0.1) is 0 Å². The minimum atomic E-state index is -0.570. The Kier molecular flexibility index (Phi) is 5.06. The van der Waals surface area contributed by atoms with E-state index in [4.69, 9.17) is 16.0 Å². The Morgan fingerprint density at radius 1 is 1.14 bits per heavy atom. The van der Waals surface area contributed by atoms with E-state index in [0.717, 1.165) is 18.5 Å². The van der Waals surface area contributed by atoms with Gasteiger partial charge in [0, 0.05) is 11.6 Å². The molecular formula is C22H21ClN2O4. The van der Waals surface area contributed by atoms with Crippen LogP contribution in [0.3, 0.4) is 0 Å². The van der Waals surface area contributed by atoms with Gasteiger partial charge in [0.2, 0.25) is 5.76 Å². The SMILES string of the molecule is CN(C)CCCN1C(=O)c2oc3ccc(Cl)cc3c(=O)c2[C@@H]1c1ccc(O)cc1. The predicted molar refractivity (Wildman–Crippen MR) is 112 cm³/mol. The second-order valence-corrected chi connectivity index (χ2v) is 7.90. The van der Waals surface area contributed by atoms with Crippen LogP contribution in [0.5, 0.6) is 5.75 Å². The van der Waals surface area contributed by atoms with E-state index in [1.165, 1.54) is 0 Å². The molecule has 150 valence electrons. The van der Waals surface area contributed by atoms with Gasteiger partial charge in [0.15, 0.2) is 5.43 Å². The van der Waals surface area contributed by atoms with Gasteiger partial charge in [0.1, 0.15) is 11.3 Å². The van der Waals surface area contributed by atoms with E-state index in [1.54, 1.807) is 47.4 Å². The number of rotatable bonds is 5. The minimum absolute atomic E-state index is 0.0766. The Bertz CT molecular complexity index is 1140. The van der Waals surface area contributed by atoms with Crippen molar-refractivity contribution in [2.24, 2.45) is 0 Å². The molecule has 7 heteroatoms. The molecule has 29 heavy (non-hydrogen) atoms. The summed E-state index contributed by atoms with van der Waals surface area (Å²) in [6.45, 7) is 1.28. The fourth-order valence-electron chi connectivity index (χ4n) is 3.78. The lowest BCUT2D eigenvalue weighted by Gasteiger charge is -2.25. The molecule has 4 rings (SSSR count). The van der Waals surface area contributed by atoms with E-state index in [9.17, 15) is 14.7 Å². The van der Waals surface area contributed by atoms with Crippen LogP contribution in [0.2, 0.25) is 5.02 Å². The van der Waals surface area contributed by atoms with Crippen molar-refractivity contribution in [2.45, 2.75) is 12.5 Å². The summed E-state index contributed by atoms with van der Waals surface area (Å²) in [4.78, 5) is 30.2. The van der Waals surface area contributed by atoms with E-state index in [0.29, 0.717) is 28.1 Å². The molecule has 0 saturated heterocycles. The summed E-state index contributed by atoms with van der Waals surface area (Å²) < 4.78 is 5.88. The molecule has 0 saturated carbocycles. The number of hydrogen-bond donors (Lipinski definition) is 1. The first-order valence-electron chi connectivity index (χ1n) is 9.37. The third-order valence-corrected chi connectivity index (χ3v) is 5.38. The highest BCUT2D eigenvalue weighted by Crippen LogP contribution is 2.38. The largest absolute Gasteiger partial charge is 0.508 e. The smallest absolute Gasteiger partial charge is 0.290 e. The predicted octanol–water partition coefficient (Wildman–Crippen LogP) is 3.65. The maximum atomic E-state index is 13.3. The second-order valence-electron chi connectivity index (χ2n) is 7.46. The number of halogens is 1. The number of aromatic hydroxyl groups is 1. The van der Waals surface area contributed by atoms with Crippen molar-refractivity contribution in [1.82, 2.24) is 9.80 Å². The molecule has 2 aromatic carbocycles. The molecule has 0 radical (unpaired) electrons. The van der Waals surface area contributed by atoms with Crippen LogP contribution in [0.25, 0.3) is 11.0 Å². The summed E-state index contributed by atoms with van der Waals surface area (Å²) in [5.74, 6) is -0.103. The monoisotopic (exact) mass is 412 g/mol. The summed E-state index contributed by atoms with van der Waals surface area (Å²) in [6.07, 6.45) is 0.751. The van der Waals surface area contributed by atoms with Crippen molar-refractivity contribution in [3.05, 3.63) is 74.6 Å². The van der Waals surface area contributed by atoms with Gasteiger partial charge in [-0.2, -0.15) is 0 Å². The van der Waals surface area contributed by atoms with Crippen molar-refractivity contribution >= 4 is 28.5 Å². The summed E-state index contributed by atoms with van der Waals surface area (Å²) in [7, 11) is 3.94. The molecule has 1 aliphatic heterocycles. The number of hydrogen-bond acceptors (Lipinski definition) is 5. The zero-order chi connectivity index (χ0) is 20.7. The maximum absolute atomic E-state index is 13.3. The summed E-state index contributed by atoms with van der Waals surface area (Å²) >= 11 is 6.08. The molecular weight excluding hydrogens is 392 g/mol. The number of phenols is 1. The number of carbonyl (C=O) groups is 1. The third kappa shape index (κ3) is 3.50. The van der Waals surface area contributed by atoms with Gasteiger partial charge in [0.25, 0.3) is 5.91 Å². The van der Waals surface area contributed by atoms with Crippen LogP contribution < -0.4 is 5.43 Å². The molecule has 3 aromatic rings. The van der Waals surface area contributed by atoms with Crippen LogP contribution in [0.15, 0.2) is 51.7 Å². The van der Waals surface area contributed by atoms with Crippen molar-refractivity contribution in [3.8, 4) is 5.75 Å². The molecule has 0 fully saturated rings. The van der Waals surface area contributed by atoms with Gasteiger partial charge in [-0.15, -0.1) is 0 Å². The van der Waals surface area contributed by atoms with Gasteiger partial charge < -0.3 is 19.3 Å². The molecule has 2 heterocycles. The fourth-order valence-corrected chi connectivity index (χ4v) is 3.96. The Hall–Kier alpha value is -2.83. The van der Waals surface area contributed by atoms with Crippen molar-refractivity contribution in [1.29, 1.82) is 0 Å². The summed E-state index contributed by atoms with van der Waals surface area (Å²) in [5, 5.41) is 10.4. The highest BCUT2D eigenvalue weighted by Gasteiger charge is 2.42. The molecule has 6 nitrogen and oxygen atoms in total. The van der Waals surface area contributed by atoms with E-state index in [2.05, 4.69) is 0 Å². The van der Waals surface area contributed by atoms with Gasteiger partial charge in [-0.25, -0.2) is 0 Å². The minimum Gasteiger partial charge on any atom is -0.508 e. The average Bonchev–Trinajstić information content (AvgIpc) is 2.95. The van der Waals surface area contributed by atoms with Crippen molar-refractivity contribution in [2.75, 3.05) is 27.2 Å². The first-order chi connectivity index (χ1) is 13.9. The Labute approximate surface area is 172 Å². The Morgan fingerprint density at radius 2 is 1.86 bits per heavy atom. The Balaban J connectivity index is 1.88. The van der Waals surface area contributed by atoms with E-state index < -0.39 is 6.04 Å². The highest BCUT2D eigenvalue weighted by atomic mass is 35.5. The quantitative estimate of drug-likeness (QED) is 0.692. The first kappa shape index (κ1) is 19.5. The van der Waals surface area contributed by atoms with Crippen LogP contribution in [-0.2, 0) is 0 Å². The average molecular weight is 413 g/mol. The lowest BCUT2D eigenvalue weighted by Crippen LogP contribution is -2.32. The molecule has 1 amide bonds. The number of benzene rings is 2. The molecule has 1 atom stereocenters. The van der Waals surface area contributed by atoms with Gasteiger partial charge in [-0.3, -0.25) is 9.59 Å². The molecule has 0 spiro atoms. The van der Waals surface area contributed by atoms with Crippen molar-refractivity contribution < 1.29 is 14.3 Å². The second kappa shape index (κ2) is 7.54. The molecule has 1 aromatic heterocycles. The van der Waals surface area contributed by atoms with Crippen LogP contribution >= 0.6 is 11.6 Å². The number of amides is 1. The van der Waals surface area contributed by atoms with Gasteiger partial charge in [-0.05, 0) is 63.0 Å². The number of fused-ring (bicyclic) bond motifs is 2. The van der Waals surface area contributed by atoms with Gasteiger partial charge >= 0.3 is 0 Å². The van der Waals surface area contributed by atoms with Gasteiger partial charge in [-0.1, -0.05) is 23.7 Å². The summed E-state index contributed by atoms with van der Waals surface area (Å²) in [6, 6.07) is 10.8. The lowest BCUT2D eigenvalue weighted by molar-refractivity contribution is 0.0722. The van der Waals surface area contributed by atoms with E-state index in [-0.39, 0.29) is 22.8 Å². The molecule has 0 unspecified atom stereocenters. The highest BCUT2D eigenvalue weighted by molar-refractivity contribution is 6.31. The molecule has 0 bridgehead atoms. The molecule has 0 aliphatic carbocycles. The standard InChI is InChI=1S/C22H21ClN2O4/c1-24(2)10-3-11-25-19(13-4-7-15(26)8-5-13)18-20(27)16-12-14(23)6-9-17(16)29-21(18)22(25)28/h4-9,12,19,26H,3,10-11H2,1-2H3/t19-/m0/s1. The summed E-state index contributed by atoms with van der Waals surface area (Å²) in [5.41, 5.74) is 1.14. The topological polar surface area (TPSA) is 74.0 Å². The first-order valence-corrected chi connectivity index (χ1v) is 9.75. The van der Waals surface area contributed by atoms with E-state index in [1.807, 2.05) is 19.0 Å². The molecule has 1 N–H and O–H groups in total. The zero-order valence-electron chi connectivity index (χ0n) is 16.2. The maximum Gasteiger partial charge on any atom is 0.290 e. The van der Waals surface area contributed by atoms with Crippen LogP contribution in [0.1, 0.15) is 34.1 Å². The normalized spacial score (nSPS) is 16.1.